The van der Waals surface area contributed by atoms with Gasteiger partial charge in [-0.1, -0.05) is 23.2 Å². The number of carbonyl (C=O) groups excluding carboxylic acids is 1. The molecule has 0 atom stereocenters. The third-order valence-electron chi connectivity index (χ3n) is 2.88. The molecule has 2 aromatic rings. The monoisotopic (exact) mass is 376 g/mol. The highest BCUT2D eigenvalue weighted by Crippen LogP contribution is 2.26. The Bertz CT molecular complexity index is 771. The van der Waals surface area contributed by atoms with Crippen LogP contribution in [0.1, 0.15) is 10.6 Å². The van der Waals surface area contributed by atoms with Gasteiger partial charge in [-0.25, -0.2) is 8.42 Å². The maximum atomic E-state index is 12.0. The second kappa shape index (κ2) is 7.25. The summed E-state index contributed by atoms with van der Waals surface area (Å²) in [6, 6.07) is 7.59. The van der Waals surface area contributed by atoms with E-state index in [2.05, 4.69) is 5.32 Å². The standard InChI is InChI=1S/C14H14Cl2N2O4S/c1-23(20,21)18(12-8-10(15)7-11(16)9-12)5-4-17-14(19)13-3-2-6-22-13/h2-3,6-9H,4-5H2,1H3,(H,17,19). The second-order valence-corrected chi connectivity index (χ2v) is 7.48. The summed E-state index contributed by atoms with van der Waals surface area (Å²) in [5.74, 6) is -0.269. The molecule has 1 heterocycles. The molecule has 0 unspecified atom stereocenters. The van der Waals surface area contributed by atoms with Crippen LogP contribution < -0.4 is 9.62 Å². The van der Waals surface area contributed by atoms with Gasteiger partial charge in [0.1, 0.15) is 0 Å². The van der Waals surface area contributed by atoms with Gasteiger partial charge >= 0.3 is 0 Å². The van der Waals surface area contributed by atoms with Crippen molar-refractivity contribution in [2.45, 2.75) is 0 Å². The quantitative estimate of drug-likeness (QED) is 0.840. The lowest BCUT2D eigenvalue weighted by Gasteiger charge is -2.23. The highest BCUT2D eigenvalue weighted by molar-refractivity contribution is 7.92. The molecule has 0 aliphatic heterocycles. The average molecular weight is 377 g/mol. The molecule has 23 heavy (non-hydrogen) atoms. The molecule has 1 aromatic carbocycles. The van der Waals surface area contributed by atoms with Gasteiger partial charge in [-0.05, 0) is 30.3 Å². The zero-order valence-electron chi connectivity index (χ0n) is 12.1. The second-order valence-electron chi connectivity index (χ2n) is 4.70. The molecule has 1 amide bonds. The molecule has 0 bridgehead atoms. The van der Waals surface area contributed by atoms with Gasteiger partial charge in [0.05, 0.1) is 24.8 Å². The van der Waals surface area contributed by atoms with Gasteiger partial charge < -0.3 is 9.73 Å². The number of halogens is 2. The maximum Gasteiger partial charge on any atom is 0.287 e. The molecule has 6 nitrogen and oxygen atoms in total. The topological polar surface area (TPSA) is 79.6 Å². The first kappa shape index (κ1) is 17.7. The van der Waals surface area contributed by atoms with Crippen LogP contribution in [0.4, 0.5) is 5.69 Å². The number of benzene rings is 1. The van der Waals surface area contributed by atoms with Crippen molar-refractivity contribution in [2.24, 2.45) is 0 Å². The molecule has 0 radical (unpaired) electrons. The predicted molar refractivity (Wildman–Crippen MR) is 89.7 cm³/mol. The van der Waals surface area contributed by atoms with Crippen molar-refractivity contribution in [3.8, 4) is 0 Å². The Morgan fingerprint density at radius 3 is 2.43 bits per heavy atom. The van der Waals surface area contributed by atoms with Crippen LogP contribution in [-0.2, 0) is 10.0 Å². The van der Waals surface area contributed by atoms with Crippen LogP contribution in [0, 0.1) is 0 Å². The van der Waals surface area contributed by atoms with Crippen molar-refractivity contribution in [3.05, 3.63) is 52.4 Å². The van der Waals surface area contributed by atoms with Crippen molar-refractivity contribution in [1.29, 1.82) is 0 Å². The lowest BCUT2D eigenvalue weighted by molar-refractivity contribution is 0.0927. The van der Waals surface area contributed by atoms with Gasteiger partial charge in [-0.15, -0.1) is 0 Å². The van der Waals surface area contributed by atoms with Crippen LogP contribution in [0.3, 0.4) is 0 Å². The third kappa shape index (κ3) is 4.89. The molecular formula is C14H14Cl2N2O4S. The lowest BCUT2D eigenvalue weighted by atomic mass is 10.3. The van der Waals surface area contributed by atoms with Crippen LogP contribution in [0.15, 0.2) is 41.0 Å². The van der Waals surface area contributed by atoms with Crippen molar-refractivity contribution in [3.63, 3.8) is 0 Å². The summed E-state index contributed by atoms with van der Waals surface area (Å²) in [6.45, 7) is 0.124. The molecular weight excluding hydrogens is 363 g/mol. The Morgan fingerprint density at radius 2 is 1.91 bits per heavy atom. The summed E-state index contributed by atoms with van der Waals surface area (Å²) in [7, 11) is -3.56. The first-order valence-corrected chi connectivity index (χ1v) is 9.13. The summed E-state index contributed by atoms with van der Waals surface area (Å²) >= 11 is 11.8. The number of anilines is 1. The third-order valence-corrected chi connectivity index (χ3v) is 4.51. The Kier molecular flexibility index (Phi) is 5.56. The van der Waals surface area contributed by atoms with Gasteiger partial charge in [0.25, 0.3) is 5.91 Å². The number of hydrogen-bond acceptors (Lipinski definition) is 4. The average Bonchev–Trinajstić information content (AvgIpc) is 2.94. The summed E-state index contributed by atoms with van der Waals surface area (Å²) in [5.41, 5.74) is 0.331. The number of hydrogen-bond donors (Lipinski definition) is 1. The van der Waals surface area contributed by atoms with Crippen LogP contribution in [0.2, 0.25) is 10.0 Å². The van der Waals surface area contributed by atoms with E-state index < -0.39 is 15.9 Å². The van der Waals surface area contributed by atoms with Crippen molar-refractivity contribution < 1.29 is 17.6 Å². The lowest BCUT2D eigenvalue weighted by Crippen LogP contribution is -2.38. The maximum absolute atomic E-state index is 12.0. The van der Waals surface area contributed by atoms with Gasteiger partial charge in [-0.3, -0.25) is 9.10 Å². The van der Waals surface area contributed by atoms with Crippen LogP contribution >= 0.6 is 23.2 Å². The number of carbonyl (C=O) groups is 1. The molecule has 1 N–H and O–H groups in total. The molecule has 0 fully saturated rings. The molecule has 1 aromatic heterocycles. The zero-order chi connectivity index (χ0) is 17.0. The number of nitrogens with zero attached hydrogens (tertiary/aromatic N) is 1. The highest BCUT2D eigenvalue weighted by Gasteiger charge is 2.19. The zero-order valence-corrected chi connectivity index (χ0v) is 14.5. The molecule has 124 valence electrons. The van der Waals surface area contributed by atoms with Gasteiger partial charge in [0, 0.05) is 16.6 Å². The summed E-state index contributed by atoms with van der Waals surface area (Å²) in [6.07, 6.45) is 2.45. The summed E-state index contributed by atoms with van der Waals surface area (Å²) < 4.78 is 30.0. The molecule has 0 aliphatic rings. The summed E-state index contributed by atoms with van der Waals surface area (Å²) in [4.78, 5) is 11.8. The Labute approximate surface area is 144 Å². The van der Waals surface area contributed by atoms with Crippen LogP contribution in [0.5, 0.6) is 0 Å². The molecule has 0 aliphatic carbocycles. The predicted octanol–water partition coefficient (Wildman–Crippen LogP) is 2.78. The van der Waals surface area contributed by atoms with E-state index in [0.29, 0.717) is 15.7 Å². The van der Waals surface area contributed by atoms with Gasteiger partial charge in [0.2, 0.25) is 10.0 Å². The molecule has 9 heteroatoms. The normalized spacial score (nSPS) is 11.3. The molecule has 0 saturated carbocycles. The Morgan fingerprint density at radius 1 is 1.26 bits per heavy atom. The molecule has 0 spiro atoms. The highest BCUT2D eigenvalue weighted by atomic mass is 35.5. The molecule has 2 rings (SSSR count). The van der Waals surface area contributed by atoms with Crippen molar-refractivity contribution >= 4 is 44.8 Å². The van der Waals surface area contributed by atoms with E-state index in [1.54, 1.807) is 6.07 Å². The van der Waals surface area contributed by atoms with E-state index in [9.17, 15) is 13.2 Å². The Balaban J connectivity index is 2.10. The van der Waals surface area contributed by atoms with Crippen molar-refractivity contribution in [2.75, 3.05) is 23.7 Å². The summed E-state index contributed by atoms with van der Waals surface area (Å²) in [5, 5.41) is 3.22. The Hall–Kier alpha value is -1.70. The smallest absolute Gasteiger partial charge is 0.287 e. The van der Waals surface area contributed by atoms with E-state index in [-0.39, 0.29) is 18.8 Å². The van der Waals surface area contributed by atoms with Gasteiger partial charge in [-0.2, -0.15) is 0 Å². The van der Waals surface area contributed by atoms with E-state index in [4.69, 9.17) is 27.6 Å². The first-order valence-electron chi connectivity index (χ1n) is 6.53. The van der Waals surface area contributed by atoms with E-state index >= 15 is 0 Å². The van der Waals surface area contributed by atoms with Crippen LogP contribution in [-0.4, -0.2) is 33.7 Å². The number of rotatable bonds is 6. The number of nitrogens with one attached hydrogen (secondary N) is 1. The molecule has 0 saturated heterocycles. The van der Waals surface area contributed by atoms with E-state index in [1.165, 1.54) is 30.5 Å². The fourth-order valence-corrected chi connectivity index (χ4v) is 3.36. The van der Waals surface area contributed by atoms with Gasteiger partial charge in [0.15, 0.2) is 5.76 Å². The number of furan rings is 1. The minimum absolute atomic E-state index is 0.0297. The SMILES string of the molecule is CS(=O)(=O)N(CCNC(=O)c1ccco1)c1cc(Cl)cc(Cl)c1. The fourth-order valence-electron chi connectivity index (χ4n) is 1.94. The van der Waals surface area contributed by atoms with Crippen molar-refractivity contribution in [1.82, 2.24) is 5.32 Å². The van der Waals surface area contributed by atoms with E-state index in [1.807, 2.05) is 0 Å². The number of amides is 1. The fraction of sp³-hybridized carbons (Fsp3) is 0.214. The van der Waals surface area contributed by atoms with E-state index in [0.717, 1.165) is 10.6 Å². The largest absolute Gasteiger partial charge is 0.459 e. The number of sulfonamides is 1. The minimum Gasteiger partial charge on any atom is -0.459 e. The first-order chi connectivity index (χ1) is 10.8. The minimum atomic E-state index is -3.56. The van der Waals surface area contributed by atoms with Crippen LogP contribution in [0.25, 0.3) is 0 Å².